The molecule has 0 N–H and O–H groups in total. The summed E-state index contributed by atoms with van der Waals surface area (Å²) in [5.41, 5.74) is 1.27. The number of sulfonamides is 1. The van der Waals surface area contributed by atoms with Crippen LogP contribution in [-0.2, 0) is 17.1 Å². The number of amides is 1. The fraction of sp³-hybridized carbons (Fsp3) is 0.391. The Morgan fingerprint density at radius 1 is 1.06 bits per heavy atom. The molecule has 0 unspecified atom stereocenters. The van der Waals surface area contributed by atoms with Gasteiger partial charge in [-0.2, -0.15) is 9.30 Å². The molecule has 6 nitrogen and oxygen atoms in total. The molecule has 0 aliphatic carbocycles. The Bertz CT molecular complexity index is 1280. The van der Waals surface area contributed by atoms with Crippen LogP contribution in [0, 0.1) is 11.8 Å². The SMILES string of the molecule is CC(C)CN(CC(C)C)S(=O)(=O)c1ccc(C(=O)N=c2sc3cc(Cl)ccc3n2C)cc1. The topological polar surface area (TPSA) is 71.7 Å². The summed E-state index contributed by atoms with van der Waals surface area (Å²) < 4.78 is 30.6. The Balaban J connectivity index is 1.90. The lowest BCUT2D eigenvalue weighted by atomic mass is 10.2. The Kier molecular flexibility index (Phi) is 7.60. The molecule has 0 aliphatic rings. The zero-order chi connectivity index (χ0) is 23.6. The van der Waals surface area contributed by atoms with Crippen molar-refractivity contribution < 1.29 is 13.2 Å². The maximum Gasteiger partial charge on any atom is 0.279 e. The molecule has 0 fully saturated rings. The highest BCUT2D eigenvalue weighted by atomic mass is 35.5. The molecule has 1 aromatic heterocycles. The van der Waals surface area contributed by atoms with Crippen LogP contribution in [0.15, 0.2) is 52.4 Å². The lowest BCUT2D eigenvalue weighted by molar-refractivity contribution is 0.0998. The molecule has 9 heteroatoms. The number of hydrogen-bond donors (Lipinski definition) is 0. The minimum Gasteiger partial charge on any atom is -0.319 e. The predicted molar refractivity (Wildman–Crippen MR) is 131 cm³/mol. The highest BCUT2D eigenvalue weighted by Crippen LogP contribution is 2.22. The number of carbonyl (C=O) groups is 1. The highest BCUT2D eigenvalue weighted by molar-refractivity contribution is 7.89. The Morgan fingerprint density at radius 2 is 1.66 bits per heavy atom. The predicted octanol–water partition coefficient (Wildman–Crippen LogP) is 4.94. The lowest BCUT2D eigenvalue weighted by Crippen LogP contribution is -2.37. The van der Waals surface area contributed by atoms with Crippen LogP contribution >= 0.6 is 22.9 Å². The normalized spacial score (nSPS) is 13.1. The summed E-state index contributed by atoms with van der Waals surface area (Å²) >= 11 is 7.43. The first kappa shape index (κ1) is 24.6. The van der Waals surface area contributed by atoms with E-state index in [1.54, 1.807) is 6.07 Å². The van der Waals surface area contributed by atoms with Crippen molar-refractivity contribution in [1.82, 2.24) is 8.87 Å². The molecule has 32 heavy (non-hydrogen) atoms. The lowest BCUT2D eigenvalue weighted by Gasteiger charge is -2.25. The summed E-state index contributed by atoms with van der Waals surface area (Å²) in [6, 6.07) is 11.5. The van der Waals surface area contributed by atoms with E-state index in [0.717, 1.165) is 10.2 Å². The average molecular weight is 494 g/mol. The minimum atomic E-state index is -3.64. The first-order valence-electron chi connectivity index (χ1n) is 10.4. The monoisotopic (exact) mass is 493 g/mol. The maximum absolute atomic E-state index is 13.2. The number of aromatic nitrogens is 1. The number of fused-ring (bicyclic) bond motifs is 1. The van der Waals surface area contributed by atoms with Gasteiger partial charge < -0.3 is 4.57 Å². The number of carbonyl (C=O) groups excluding carboxylic acids is 1. The van der Waals surface area contributed by atoms with Gasteiger partial charge in [0.2, 0.25) is 10.0 Å². The highest BCUT2D eigenvalue weighted by Gasteiger charge is 2.26. The van der Waals surface area contributed by atoms with Crippen molar-refractivity contribution in [3.8, 4) is 0 Å². The number of hydrogen-bond acceptors (Lipinski definition) is 4. The van der Waals surface area contributed by atoms with Crippen LogP contribution in [0.4, 0.5) is 0 Å². The van der Waals surface area contributed by atoms with Gasteiger partial charge in [0.1, 0.15) is 0 Å². The van der Waals surface area contributed by atoms with Crippen LogP contribution in [0.5, 0.6) is 0 Å². The molecule has 1 amide bonds. The van der Waals surface area contributed by atoms with Gasteiger partial charge >= 0.3 is 0 Å². The molecular formula is C23H28ClN3O3S2. The molecule has 0 spiro atoms. The third-order valence-corrected chi connectivity index (χ3v) is 8.02. The summed E-state index contributed by atoms with van der Waals surface area (Å²) in [6.45, 7) is 8.87. The Hall–Kier alpha value is -2.00. The van der Waals surface area contributed by atoms with Crippen molar-refractivity contribution in [3.63, 3.8) is 0 Å². The van der Waals surface area contributed by atoms with E-state index in [9.17, 15) is 13.2 Å². The third-order valence-electron chi connectivity index (χ3n) is 4.85. The average Bonchev–Trinajstić information content (AvgIpc) is 3.01. The van der Waals surface area contributed by atoms with Crippen molar-refractivity contribution >= 4 is 49.1 Å². The number of benzene rings is 2. The van der Waals surface area contributed by atoms with Crippen LogP contribution < -0.4 is 4.80 Å². The van der Waals surface area contributed by atoms with E-state index >= 15 is 0 Å². The van der Waals surface area contributed by atoms with Gasteiger partial charge in [-0.3, -0.25) is 4.79 Å². The van der Waals surface area contributed by atoms with Gasteiger partial charge in [0.15, 0.2) is 4.80 Å². The van der Waals surface area contributed by atoms with Gasteiger partial charge in [0, 0.05) is 30.7 Å². The van der Waals surface area contributed by atoms with E-state index in [2.05, 4.69) is 4.99 Å². The molecule has 0 saturated carbocycles. The summed E-state index contributed by atoms with van der Waals surface area (Å²) in [5.74, 6) is -0.0105. The van der Waals surface area contributed by atoms with Crippen molar-refractivity contribution in [1.29, 1.82) is 0 Å². The number of thiazole rings is 1. The Morgan fingerprint density at radius 3 is 2.22 bits per heavy atom. The fourth-order valence-corrected chi connectivity index (χ4v) is 6.43. The number of rotatable bonds is 7. The van der Waals surface area contributed by atoms with E-state index in [1.807, 2.05) is 51.4 Å². The van der Waals surface area contributed by atoms with E-state index in [0.29, 0.717) is 28.5 Å². The van der Waals surface area contributed by atoms with E-state index in [1.165, 1.54) is 39.9 Å². The van der Waals surface area contributed by atoms with Crippen molar-refractivity contribution in [2.45, 2.75) is 32.6 Å². The van der Waals surface area contributed by atoms with Crippen molar-refractivity contribution in [2.75, 3.05) is 13.1 Å². The maximum atomic E-state index is 13.2. The van der Waals surface area contributed by atoms with Gasteiger partial charge in [-0.05, 0) is 54.3 Å². The van der Waals surface area contributed by atoms with Gasteiger partial charge in [0.25, 0.3) is 5.91 Å². The Labute approximate surface area is 198 Å². The molecule has 2 aromatic carbocycles. The smallest absolute Gasteiger partial charge is 0.279 e. The second-order valence-electron chi connectivity index (χ2n) is 8.61. The van der Waals surface area contributed by atoms with Crippen LogP contribution in [0.25, 0.3) is 10.2 Å². The zero-order valence-electron chi connectivity index (χ0n) is 18.9. The summed E-state index contributed by atoms with van der Waals surface area (Å²) in [4.78, 5) is 17.7. The first-order chi connectivity index (χ1) is 15.0. The molecule has 0 radical (unpaired) electrons. The summed E-state index contributed by atoms with van der Waals surface area (Å²) in [5, 5.41) is 0.623. The number of nitrogens with zero attached hydrogens (tertiary/aromatic N) is 3. The second-order valence-corrected chi connectivity index (χ2v) is 12.0. The summed E-state index contributed by atoms with van der Waals surface area (Å²) in [7, 11) is -1.80. The first-order valence-corrected chi connectivity index (χ1v) is 13.1. The molecule has 0 bridgehead atoms. The largest absolute Gasteiger partial charge is 0.319 e. The van der Waals surface area contributed by atoms with Crippen LogP contribution in [0.3, 0.4) is 0 Å². The number of halogens is 1. The van der Waals surface area contributed by atoms with Gasteiger partial charge in [-0.15, -0.1) is 0 Å². The molecule has 3 aromatic rings. The van der Waals surface area contributed by atoms with Gasteiger partial charge in [0.05, 0.1) is 15.1 Å². The van der Waals surface area contributed by atoms with Crippen LogP contribution in [0.1, 0.15) is 38.1 Å². The molecule has 0 atom stereocenters. The van der Waals surface area contributed by atoms with Crippen LogP contribution in [-0.4, -0.2) is 36.3 Å². The fourth-order valence-electron chi connectivity index (χ4n) is 3.37. The van der Waals surface area contributed by atoms with Crippen molar-refractivity contribution in [3.05, 3.63) is 57.9 Å². The number of aryl methyl sites for hydroxylation is 1. The third kappa shape index (κ3) is 5.49. The van der Waals surface area contributed by atoms with E-state index in [-0.39, 0.29) is 16.7 Å². The minimum absolute atomic E-state index is 0.178. The molecule has 3 rings (SSSR count). The molecule has 0 saturated heterocycles. The second kappa shape index (κ2) is 9.87. The summed E-state index contributed by atoms with van der Waals surface area (Å²) in [6.07, 6.45) is 0. The zero-order valence-corrected chi connectivity index (χ0v) is 21.3. The van der Waals surface area contributed by atoms with E-state index in [4.69, 9.17) is 11.6 Å². The van der Waals surface area contributed by atoms with Gasteiger partial charge in [-0.25, -0.2) is 8.42 Å². The quantitative estimate of drug-likeness (QED) is 0.468. The van der Waals surface area contributed by atoms with E-state index < -0.39 is 15.9 Å². The van der Waals surface area contributed by atoms with Crippen molar-refractivity contribution in [2.24, 2.45) is 23.9 Å². The molecule has 0 aliphatic heterocycles. The molecule has 172 valence electrons. The van der Waals surface area contributed by atoms with Gasteiger partial charge in [-0.1, -0.05) is 50.6 Å². The van der Waals surface area contributed by atoms with Crippen LogP contribution in [0.2, 0.25) is 5.02 Å². The molecular weight excluding hydrogens is 466 g/mol. The molecule has 1 heterocycles. The standard InChI is InChI=1S/C23H28ClN3O3S2/c1-15(2)13-27(14-16(3)4)32(29,30)19-9-6-17(7-10-19)22(28)25-23-26(5)20-11-8-18(24)12-21(20)31-23/h6-12,15-16H,13-14H2,1-5H3.